The van der Waals surface area contributed by atoms with Crippen molar-refractivity contribution < 1.29 is 14.3 Å². The number of benzene rings is 1. The molecule has 8 nitrogen and oxygen atoms in total. The smallest absolute Gasteiger partial charge is 0.345 e. The Balaban J connectivity index is 1.51. The van der Waals surface area contributed by atoms with Crippen molar-refractivity contribution >= 4 is 5.91 Å². The molecule has 0 bridgehead atoms. The zero-order valence-corrected chi connectivity index (χ0v) is 19.0. The Morgan fingerprint density at radius 3 is 2.71 bits per heavy atom. The SMILES string of the molecule is COc1ccc(CCC(=O)NC2CCc3nn(CCC(C)C)c(=O)n3CC2)cc1OC. The molecule has 2 aromatic rings. The normalized spacial score (nSPS) is 16.0. The molecule has 1 N–H and O–H groups in total. The lowest BCUT2D eigenvalue weighted by molar-refractivity contribution is -0.121. The van der Waals surface area contributed by atoms with E-state index >= 15 is 0 Å². The maximum atomic E-state index is 12.6. The van der Waals surface area contributed by atoms with Gasteiger partial charge in [0.25, 0.3) is 0 Å². The van der Waals surface area contributed by atoms with Crippen LogP contribution in [0.1, 0.15) is 50.9 Å². The molecule has 1 aromatic heterocycles. The third-order valence-corrected chi connectivity index (χ3v) is 5.79. The molecule has 170 valence electrons. The summed E-state index contributed by atoms with van der Waals surface area (Å²) in [5.74, 6) is 2.73. The lowest BCUT2D eigenvalue weighted by atomic mass is 10.1. The number of carbonyl (C=O) groups excluding carboxylic acids is 1. The van der Waals surface area contributed by atoms with E-state index in [1.54, 1.807) is 23.5 Å². The predicted octanol–water partition coefficient (Wildman–Crippen LogP) is 2.56. The molecule has 0 saturated heterocycles. The highest BCUT2D eigenvalue weighted by Crippen LogP contribution is 2.28. The lowest BCUT2D eigenvalue weighted by Crippen LogP contribution is -2.36. The number of hydrogen-bond donors (Lipinski definition) is 1. The molecule has 1 unspecified atom stereocenters. The van der Waals surface area contributed by atoms with Gasteiger partial charge in [0.05, 0.1) is 14.2 Å². The Labute approximate surface area is 183 Å². The molecule has 3 rings (SSSR count). The van der Waals surface area contributed by atoms with Crippen molar-refractivity contribution in [1.29, 1.82) is 0 Å². The van der Waals surface area contributed by atoms with Crippen molar-refractivity contribution in [2.24, 2.45) is 5.92 Å². The number of nitrogens with one attached hydrogen (secondary N) is 1. The second-order valence-corrected chi connectivity index (χ2v) is 8.54. The summed E-state index contributed by atoms with van der Waals surface area (Å²) in [5.41, 5.74) is 0.992. The van der Waals surface area contributed by atoms with E-state index in [0.29, 0.717) is 49.8 Å². The maximum absolute atomic E-state index is 12.6. The van der Waals surface area contributed by atoms with Crippen LogP contribution in [0, 0.1) is 5.92 Å². The van der Waals surface area contributed by atoms with Gasteiger partial charge in [-0.1, -0.05) is 19.9 Å². The number of rotatable bonds is 9. The van der Waals surface area contributed by atoms with Crippen LogP contribution in [0.25, 0.3) is 0 Å². The van der Waals surface area contributed by atoms with Gasteiger partial charge in [-0.3, -0.25) is 9.36 Å². The van der Waals surface area contributed by atoms with Gasteiger partial charge in [-0.2, -0.15) is 5.10 Å². The second-order valence-electron chi connectivity index (χ2n) is 8.54. The lowest BCUT2D eigenvalue weighted by Gasteiger charge is -2.16. The van der Waals surface area contributed by atoms with Gasteiger partial charge in [0, 0.05) is 32.0 Å². The standard InChI is InChI=1S/C23H34N4O4/c1-16(2)11-14-27-23(29)26-13-12-18(7-9-21(26)25-27)24-22(28)10-6-17-5-8-19(30-3)20(15-17)31-4/h5,8,15-16,18H,6-7,9-14H2,1-4H3,(H,24,28). The molecule has 1 amide bonds. The summed E-state index contributed by atoms with van der Waals surface area (Å²) in [4.78, 5) is 25.1. The fourth-order valence-corrected chi connectivity index (χ4v) is 3.89. The minimum Gasteiger partial charge on any atom is -0.493 e. The van der Waals surface area contributed by atoms with Crippen molar-refractivity contribution in [2.75, 3.05) is 14.2 Å². The molecule has 1 aliphatic rings. The van der Waals surface area contributed by atoms with Crippen LogP contribution in [-0.2, 0) is 30.7 Å². The first kappa shape index (κ1) is 22.9. The minimum absolute atomic E-state index is 0.0219. The summed E-state index contributed by atoms with van der Waals surface area (Å²) >= 11 is 0. The van der Waals surface area contributed by atoms with Gasteiger partial charge in [0.2, 0.25) is 5.91 Å². The number of hydrogen-bond acceptors (Lipinski definition) is 5. The summed E-state index contributed by atoms with van der Waals surface area (Å²) < 4.78 is 13.9. The minimum atomic E-state index is -0.0314. The molecular formula is C23H34N4O4. The highest BCUT2D eigenvalue weighted by molar-refractivity contribution is 5.76. The van der Waals surface area contributed by atoms with Crippen molar-refractivity contribution in [2.45, 2.75) is 71.5 Å². The van der Waals surface area contributed by atoms with Crippen LogP contribution in [0.4, 0.5) is 0 Å². The van der Waals surface area contributed by atoms with Crippen LogP contribution in [0.15, 0.2) is 23.0 Å². The fraction of sp³-hybridized carbons (Fsp3) is 0.609. The molecule has 0 spiro atoms. The molecule has 0 saturated carbocycles. The first-order valence-corrected chi connectivity index (χ1v) is 11.1. The van der Waals surface area contributed by atoms with Gasteiger partial charge in [-0.15, -0.1) is 0 Å². The zero-order chi connectivity index (χ0) is 22.4. The Kier molecular flexibility index (Phi) is 7.76. The average molecular weight is 431 g/mol. The largest absolute Gasteiger partial charge is 0.493 e. The number of amides is 1. The van der Waals surface area contributed by atoms with E-state index in [1.807, 2.05) is 18.2 Å². The molecule has 31 heavy (non-hydrogen) atoms. The number of nitrogens with zero attached hydrogens (tertiary/aromatic N) is 3. The van der Waals surface area contributed by atoms with Gasteiger partial charge >= 0.3 is 5.69 Å². The monoisotopic (exact) mass is 430 g/mol. The predicted molar refractivity (Wildman–Crippen MR) is 119 cm³/mol. The van der Waals surface area contributed by atoms with Gasteiger partial charge in [-0.25, -0.2) is 9.48 Å². The van der Waals surface area contributed by atoms with Crippen molar-refractivity contribution in [3.05, 3.63) is 40.1 Å². The van der Waals surface area contributed by atoms with E-state index in [9.17, 15) is 9.59 Å². The quantitative estimate of drug-likeness (QED) is 0.661. The highest BCUT2D eigenvalue weighted by Gasteiger charge is 2.22. The number of aromatic nitrogens is 3. The molecule has 0 radical (unpaired) electrons. The highest BCUT2D eigenvalue weighted by atomic mass is 16.5. The Hall–Kier alpha value is -2.77. The number of fused-ring (bicyclic) bond motifs is 1. The van der Waals surface area contributed by atoms with Crippen LogP contribution in [0.3, 0.4) is 0 Å². The summed E-state index contributed by atoms with van der Waals surface area (Å²) in [6, 6.07) is 5.76. The molecule has 8 heteroatoms. The molecule has 1 atom stereocenters. The van der Waals surface area contributed by atoms with Crippen LogP contribution in [0.5, 0.6) is 11.5 Å². The third kappa shape index (κ3) is 5.89. The first-order chi connectivity index (χ1) is 14.9. The van der Waals surface area contributed by atoms with E-state index in [2.05, 4.69) is 24.3 Å². The van der Waals surface area contributed by atoms with E-state index < -0.39 is 0 Å². The summed E-state index contributed by atoms with van der Waals surface area (Å²) in [7, 11) is 3.20. The summed E-state index contributed by atoms with van der Waals surface area (Å²) in [6.07, 6.45) is 4.20. The van der Waals surface area contributed by atoms with Crippen molar-refractivity contribution in [1.82, 2.24) is 19.7 Å². The number of methoxy groups -OCH3 is 2. The fourth-order valence-electron chi connectivity index (χ4n) is 3.89. The summed E-state index contributed by atoms with van der Waals surface area (Å²) in [5, 5.41) is 7.67. The number of ether oxygens (including phenoxy) is 2. The van der Waals surface area contributed by atoms with Crippen LogP contribution in [-0.4, -0.2) is 40.5 Å². The van der Waals surface area contributed by atoms with E-state index in [-0.39, 0.29) is 17.6 Å². The second kappa shape index (κ2) is 10.5. The topological polar surface area (TPSA) is 87.4 Å². The van der Waals surface area contributed by atoms with Gasteiger partial charge < -0.3 is 14.8 Å². The van der Waals surface area contributed by atoms with Crippen molar-refractivity contribution in [3.8, 4) is 11.5 Å². The number of carbonyl (C=O) groups is 1. The Morgan fingerprint density at radius 1 is 1.23 bits per heavy atom. The maximum Gasteiger partial charge on any atom is 0.345 e. The van der Waals surface area contributed by atoms with Gasteiger partial charge in [0.15, 0.2) is 11.5 Å². The Morgan fingerprint density at radius 2 is 2.00 bits per heavy atom. The van der Waals surface area contributed by atoms with E-state index in [0.717, 1.165) is 30.7 Å². The third-order valence-electron chi connectivity index (χ3n) is 5.79. The first-order valence-electron chi connectivity index (χ1n) is 11.1. The molecule has 0 aliphatic carbocycles. The van der Waals surface area contributed by atoms with E-state index in [4.69, 9.17) is 9.47 Å². The van der Waals surface area contributed by atoms with E-state index in [1.165, 1.54) is 0 Å². The molecular weight excluding hydrogens is 396 g/mol. The summed E-state index contributed by atoms with van der Waals surface area (Å²) in [6.45, 7) is 5.54. The van der Waals surface area contributed by atoms with Crippen molar-refractivity contribution in [3.63, 3.8) is 0 Å². The van der Waals surface area contributed by atoms with Crippen LogP contribution < -0.4 is 20.5 Å². The molecule has 1 aliphatic heterocycles. The Bertz CT molecular complexity index is 948. The van der Waals surface area contributed by atoms with Crippen LogP contribution >= 0.6 is 0 Å². The van der Waals surface area contributed by atoms with Crippen LogP contribution in [0.2, 0.25) is 0 Å². The number of aryl methyl sites for hydroxylation is 3. The van der Waals surface area contributed by atoms with Gasteiger partial charge in [0.1, 0.15) is 5.82 Å². The average Bonchev–Trinajstić information content (AvgIpc) is 2.92. The zero-order valence-electron chi connectivity index (χ0n) is 19.0. The van der Waals surface area contributed by atoms with Gasteiger partial charge in [-0.05, 0) is 49.3 Å². The molecule has 0 fully saturated rings. The molecule has 1 aromatic carbocycles. The molecule has 2 heterocycles.